The average Bonchev–Trinajstić information content (AvgIpc) is 2.76. The zero-order valence-corrected chi connectivity index (χ0v) is 22.2. The summed E-state index contributed by atoms with van der Waals surface area (Å²) >= 11 is 17.9. The number of sulfonamides is 1. The van der Waals surface area contributed by atoms with Gasteiger partial charge in [0, 0.05) is 49.7 Å². The molecule has 8 nitrogen and oxygen atoms in total. The molecule has 13 heteroatoms. The van der Waals surface area contributed by atoms with Gasteiger partial charge in [-0.2, -0.15) is 4.31 Å². The minimum Gasteiger partial charge on any atom is -0.385 e. The number of nitrogens with zero attached hydrogens (tertiary/aromatic N) is 3. The predicted octanol–water partition coefficient (Wildman–Crippen LogP) is 3.61. The summed E-state index contributed by atoms with van der Waals surface area (Å²) in [5.41, 5.74) is -0.272. The van der Waals surface area contributed by atoms with Crippen molar-refractivity contribution in [2.75, 3.05) is 39.9 Å². The van der Waals surface area contributed by atoms with Crippen LogP contribution in [-0.4, -0.2) is 73.5 Å². The lowest BCUT2D eigenvalue weighted by molar-refractivity contribution is -0.140. The number of hydrogen-bond donors (Lipinski definition) is 1. The van der Waals surface area contributed by atoms with Crippen molar-refractivity contribution in [3.8, 4) is 0 Å². The van der Waals surface area contributed by atoms with Crippen LogP contribution in [0.5, 0.6) is 0 Å². The lowest BCUT2D eigenvalue weighted by atomic mass is 9.85. The first kappa shape index (κ1) is 29.1. The number of carbonyl (C=O) groups excluding carboxylic acids is 1. The van der Waals surface area contributed by atoms with Crippen molar-refractivity contribution in [2.45, 2.75) is 23.3 Å². The third-order valence-corrected chi connectivity index (χ3v) is 8.55. The van der Waals surface area contributed by atoms with E-state index in [0.717, 1.165) is 9.87 Å². The summed E-state index contributed by atoms with van der Waals surface area (Å²) in [6.07, 6.45) is 4.07. The number of rotatable bonds is 8. The van der Waals surface area contributed by atoms with Crippen LogP contribution in [0.25, 0.3) is 0 Å². The molecule has 1 aliphatic rings. The van der Waals surface area contributed by atoms with Crippen LogP contribution in [0.2, 0.25) is 15.1 Å². The summed E-state index contributed by atoms with van der Waals surface area (Å²) in [6, 6.07) is 6.20. The van der Waals surface area contributed by atoms with E-state index in [9.17, 15) is 18.3 Å². The second-order valence-corrected chi connectivity index (χ2v) is 11.0. The number of halogens is 4. The van der Waals surface area contributed by atoms with Crippen LogP contribution < -0.4 is 0 Å². The average molecular weight is 573 g/mol. The molecule has 0 saturated carbocycles. The zero-order chi connectivity index (χ0) is 24.2. The maximum absolute atomic E-state index is 12.8. The van der Waals surface area contributed by atoms with E-state index in [2.05, 4.69) is 4.98 Å². The van der Waals surface area contributed by atoms with Gasteiger partial charge in [0.05, 0.1) is 22.3 Å². The number of likely N-dealkylation sites (N-methyl/N-ethyl adjacent to an activating group) is 1. The van der Waals surface area contributed by atoms with E-state index in [4.69, 9.17) is 39.5 Å². The monoisotopic (exact) mass is 571 g/mol. The Morgan fingerprint density at radius 1 is 1.24 bits per heavy atom. The standard InChI is InChI=1S/C21H24Cl3N3O5S.ClH/c1-26(33(30,31)20-17(23)11-16(22)12-18(20)24)9-10-32-14-19(28)27-7-4-21(29,5-8-27)15-3-2-6-25-13-15;/h2-3,6,11-13,29H,4-5,7-10,14H2,1H3;1H. The van der Waals surface area contributed by atoms with Crippen molar-refractivity contribution >= 4 is 63.1 Å². The molecule has 0 bridgehead atoms. The highest BCUT2D eigenvalue weighted by Gasteiger charge is 2.35. The smallest absolute Gasteiger partial charge is 0.248 e. The third kappa shape index (κ3) is 6.73. The first-order chi connectivity index (χ1) is 15.5. The number of carbonyl (C=O) groups is 1. The molecule has 1 aromatic carbocycles. The quantitative estimate of drug-likeness (QED) is 0.485. The van der Waals surface area contributed by atoms with Gasteiger partial charge in [-0.25, -0.2) is 8.42 Å². The van der Waals surface area contributed by atoms with Crippen LogP contribution in [0.4, 0.5) is 0 Å². The second kappa shape index (κ2) is 12.2. The van der Waals surface area contributed by atoms with Gasteiger partial charge in [0.15, 0.2) is 0 Å². The van der Waals surface area contributed by atoms with Crippen molar-refractivity contribution in [3.63, 3.8) is 0 Å². The van der Waals surface area contributed by atoms with E-state index in [0.29, 0.717) is 25.9 Å². The number of likely N-dealkylation sites (tertiary alicyclic amines) is 1. The number of aliphatic hydroxyl groups is 1. The fourth-order valence-corrected chi connectivity index (χ4v) is 6.19. The lowest BCUT2D eigenvalue weighted by Gasteiger charge is -2.38. The van der Waals surface area contributed by atoms with Crippen molar-refractivity contribution in [1.29, 1.82) is 0 Å². The van der Waals surface area contributed by atoms with Gasteiger partial charge in [0.2, 0.25) is 15.9 Å². The lowest BCUT2D eigenvalue weighted by Crippen LogP contribution is -2.46. The molecule has 0 unspecified atom stereocenters. The fourth-order valence-electron chi connectivity index (χ4n) is 3.55. The molecule has 1 aromatic heterocycles. The van der Waals surface area contributed by atoms with E-state index in [-0.39, 0.29) is 58.0 Å². The third-order valence-electron chi connectivity index (χ3n) is 5.55. The van der Waals surface area contributed by atoms with E-state index in [1.165, 1.54) is 19.2 Å². The molecule has 1 saturated heterocycles. The molecule has 0 atom stereocenters. The van der Waals surface area contributed by atoms with Gasteiger partial charge < -0.3 is 14.7 Å². The Morgan fingerprint density at radius 2 is 1.85 bits per heavy atom. The molecule has 34 heavy (non-hydrogen) atoms. The highest BCUT2D eigenvalue weighted by molar-refractivity contribution is 7.89. The molecular weight excluding hydrogens is 548 g/mol. The van der Waals surface area contributed by atoms with Crippen LogP contribution in [0.1, 0.15) is 18.4 Å². The molecule has 0 radical (unpaired) electrons. The Morgan fingerprint density at radius 3 is 2.41 bits per heavy atom. The Bertz CT molecular complexity index is 1070. The van der Waals surface area contributed by atoms with Crippen LogP contribution in [0.3, 0.4) is 0 Å². The molecule has 0 aliphatic carbocycles. The van der Waals surface area contributed by atoms with E-state index in [1.807, 2.05) is 6.07 Å². The zero-order valence-electron chi connectivity index (χ0n) is 18.3. The predicted molar refractivity (Wildman–Crippen MR) is 133 cm³/mol. The number of hydrogen-bond acceptors (Lipinski definition) is 6. The second-order valence-electron chi connectivity index (χ2n) is 7.73. The van der Waals surface area contributed by atoms with Gasteiger partial charge >= 0.3 is 0 Å². The minimum absolute atomic E-state index is 0. The Hall–Kier alpha value is -1.17. The van der Waals surface area contributed by atoms with E-state index < -0.39 is 15.6 Å². The number of benzene rings is 1. The molecule has 1 aliphatic heterocycles. The van der Waals surface area contributed by atoms with Crippen LogP contribution in [0, 0.1) is 0 Å². The molecule has 1 fully saturated rings. The number of pyridine rings is 1. The van der Waals surface area contributed by atoms with Crippen molar-refractivity contribution in [1.82, 2.24) is 14.2 Å². The fraction of sp³-hybridized carbons (Fsp3) is 0.429. The van der Waals surface area contributed by atoms with Crippen molar-refractivity contribution < 1.29 is 23.1 Å². The normalized spacial score (nSPS) is 15.8. The summed E-state index contributed by atoms with van der Waals surface area (Å²) < 4.78 is 32.0. The molecule has 0 spiro atoms. The SMILES string of the molecule is CN(CCOCC(=O)N1CCC(O)(c2cccnc2)CC1)S(=O)(=O)c1c(Cl)cc(Cl)cc1Cl.Cl. The van der Waals surface area contributed by atoms with E-state index >= 15 is 0 Å². The number of ether oxygens (including phenoxy) is 1. The summed E-state index contributed by atoms with van der Waals surface area (Å²) in [5, 5.41) is 10.9. The molecule has 1 N–H and O–H groups in total. The summed E-state index contributed by atoms with van der Waals surface area (Å²) in [6.45, 7) is 0.565. The summed E-state index contributed by atoms with van der Waals surface area (Å²) in [4.78, 5) is 17.9. The highest BCUT2D eigenvalue weighted by atomic mass is 35.5. The van der Waals surface area contributed by atoms with Gasteiger partial charge in [0.25, 0.3) is 0 Å². The molecule has 1 amide bonds. The van der Waals surface area contributed by atoms with Gasteiger partial charge in [-0.3, -0.25) is 9.78 Å². The first-order valence-electron chi connectivity index (χ1n) is 10.1. The Labute approximate surface area is 220 Å². The topological polar surface area (TPSA) is 100 Å². The van der Waals surface area contributed by atoms with Gasteiger partial charge in [-0.05, 0) is 31.0 Å². The van der Waals surface area contributed by atoms with Crippen molar-refractivity contribution in [3.05, 3.63) is 57.3 Å². The Kier molecular flexibility index (Phi) is 10.4. The molecule has 188 valence electrons. The van der Waals surface area contributed by atoms with Crippen LogP contribution >= 0.6 is 47.2 Å². The molecule has 3 rings (SSSR count). The van der Waals surface area contributed by atoms with Gasteiger partial charge in [-0.15, -0.1) is 12.4 Å². The largest absolute Gasteiger partial charge is 0.385 e. The Balaban J connectivity index is 0.00000408. The van der Waals surface area contributed by atoms with Crippen LogP contribution in [0.15, 0.2) is 41.6 Å². The van der Waals surface area contributed by atoms with Crippen molar-refractivity contribution in [2.24, 2.45) is 0 Å². The molecule has 2 aromatic rings. The van der Waals surface area contributed by atoms with E-state index in [1.54, 1.807) is 23.4 Å². The van der Waals surface area contributed by atoms with Gasteiger partial charge in [-0.1, -0.05) is 40.9 Å². The number of piperidine rings is 1. The molecule has 2 heterocycles. The number of aromatic nitrogens is 1. The maximum atomic E-state index is 12.8. The summed E-state index contributed by atoms with van der Waals surface area (Å²) in [7, 11) is -2.61. The van der Waals surface area contributed by atoms with Crippen LogP contribution in [-0.2, 0) is 25.2 Å². The minimum atomic E-state index is -3.98. The summed E-state index contributed by atoms with van der Waals surface area (Å²) in [5.74, 6) is -0.225. The first-order valence-corrected chi connectivity index (χ1v) is 12.7. The maximum Gasteiger partial charge on any atom is 0.248 e. The number of amides is 1. The highest BCUT2D eigenvalue weighted by Crippen LogP contribution is 2.34. The molecular formula is C21H25Cl4N3O5S. The van der Waals surface area contributed by atoms with Gasteiger partial charge in [0.1, 0.15) is 11.5 Å².